The molecule has 2 aromatic carbocycles. The van der Waals surface area contributed by atoms with Crippen LogP contribution in [-0.2, 0) is 22.6 Å². The molecule has 2 rings (SSSR count). The summed E-state index contributed by atoms with van der Waals surface area (Å²) in [5, 5.41) is 5.08. The molecular weight excluding hydrogens is 311 g/mol. The van der Waals surface area contributed by atoms with E-state index in [9.17, 15) is 14.0 Å². The first-order chi connectivity index (χ1) is 11.6. The maximum absolute atomic E-state index is 12.8. The van der Waals surface area contributed by atoms with Gasteiger partial charge in [-0.05, 0) is 30.2 Å². The maximum atomic E-state index is 12.8. The summed E-state index contributed by atoms with van der Waals surface area (Å²) in [5.74, 6) is -1.07. The van der Waals surface area contributed by atoms with Crippen LogP contribution in [0, 0.1) is 5.82 Å². The molecule has 0 atom stereocenters. The standard InChI is InChI=1S/C18H19FN2O3/c1-24-16-5-3-2-4-14(16)12-21-18(23)17(22)20-11-10-13-6-8-15(19)9-7-13/h2-9H,10-12H2,1H3,(H,20,22)(H,21,23). The van der Waals surface area contributed by atoms with Gasteiger partial charge in [-0.2, -0.15) is 0 Å². The predicted molar refractivity (Wildman–Crippen MR) is 88.0 cm³/mol. The Morgan fingerprint density at radius 1 is 1.00 bits per heavy atom. The average Bonchev–Trinajstić information content (AvgIpc) is 2.61. The minimum atomic E-state index is -0.708. The number of hydrogen-bond acceptors (Lipinski definition) is 3. The van der Waals surface area contributed by atoms with Crippen molar-refractivity contribution in [2.75, 3.05) is 13.7 Å². The van der Waals surface area contributed by atoms with Crippen molar-refractivity contribution in [1.82, 2.24) is 10.6 Å². The fourth-order valence-corrected chi connectivity index (χ4v) is 2.16. The summed E-state index contributed by atoms with van der Waals surface area (Å²) in [5.41, 5.74) is 1.67. The van der Waals surface area contributed by atoms with Crippen LogP contribution in [0.5, 0.6) is 5.75 Å². The summed E-state index contributed by atoms with van der Waals surface area (Å²) < 4.78 is 18.0. The van der Waals surface area contributed by atoms with E-state index in [0.29, 0.717) is 18.7 Å². The van der Waals surface area contributed by atoms with Gasteiger partial charge in [0.2, 0.25) is 0 Å². The minimum absolute atomic E-state index is 0.203. The molecule has 126 valence electrons. The number of carbonyl (C=O) groups is 2. The quantitative estimate of drug-likeness (QED) is 0.794. The number of ether oxygens (including phenoxy) is 1. The van der Waals surface area contributed by atoms with Crippen molar-refractivity contribution in [2.45, 2.75) is 13.0 Å². The van der Waals surface area contributed by atoms with Gasteiger partial charge in [0.15, 0.2) is 0 Å². The van der Waals surface area contributed by atoms with E-state index in [0.717, 1.165) is 11.1 Å². The van der Waals surface area contributed by atoms with Gasteiger partial charge in [-0.3, -0.25) is 9.59 Å². The van der Waals surface area contributed by atoms with Gasteiger partial charge in [0.05, 0.1) is 7.11 Å². The SMILES string of the molecule is COc1ccccc1CNC(=O)C(=O)NCCc1ccc(F)cc1. The third-order valence-corrected chi connectivity index (χ3v) is 3.45. The summed E-state index contributed by atoms with van der Waals surface area (Å²) in [6.45, 7) is 0.501. The monoisotopic (exact) mass is 330 g/mol. The topological polar surface area (TPSA) is 67.4 Å². The summed E-state index contributed by atoms with van der Waals surface area (Å²) in [7, 11) is 1.54. The molecule has 0 saturated carbocycles. The molecule has 24 heavy (non-hydrogen) atoms. The zero-order chi connectivity index (χ0) is 17.4. The van der Waals surface area contributed by atoms with E-state index in [4.69, 9.17) is 4.74 Å². The van der Waals surface area contributed by atoms with Crippen molar-refractivity contribution >= 4 is 11.8 Å². The van der Waals surface area contributed by atoms with Crippen LogP contribution in [0.1, 0.15) is 11.1 Å². The molecule has 0 fully saturated rings. The Kier molecular flexibility index (Phi) is 6.31. The normalized spacial score (nSPS) is 10.1. The Morgan fingerprint density at radius 2 is 1.67 bits per heavy atom. The summed E-state index contributed by atoms with van der Waals surface area (Å²) in [6.07, 6.45) is 0.520. The second-order valence-electron chi connectivity index (χ2n) is 5.13. The molecule has 2 aromatic rings. The molecule has 0 saturated heterocycles. The number of nitrogens with one attached hydrogen (secondary N) is 2. The van der Waals surface area contributed by atoms with E-state index in [1.165, 1.54) is 12.1 Å². The van der Waals surface area contributed by atoms with Crippen LogP contribution in [0.15, 0.2) is 48.5 Å². The number of carbonyl (C=O) groups excluding carboxylic acids is 2. The number of rotatable bonds is 6. The Hall–Kier alpha value is -2.89. The molecule has 0 bridgehead atoms. The van der Waals surface area contributed by atoms with Crippen LogP contribution < -0.4 is 15.4 Å². The highest BCUT2D eigenvalue weighted by Gasteiger charge is 2.13. The first-order valence-corrected chi connectivity index (χ1v) is 7.52. The van der Waals surface area contributed by atoms with Crippen molar-refractivity contribution in [3.63, 3.8) is 0 Å². The molecule has 0 unspecified atom stereocenters. The lowest BCUT2D eigenvalue weighted by Crippen LogP contribution is -2.40. The molecular formula is C18H19FN2O3. The molecule has 0 aliphatic rings. The number of hydrogen-bond donors (Lipinski definition) is 2. The highest BCUT2D eigenvalue weighted by atomic mass is 19.1. The molecule has 2 N–H and O–H groups in total. The van der Waals surface area contributed by atoms with E-state index >= 15 is 0 Å². The third kappa shape index (κ3) is 5.08. The van der Waals surface area contributed by atoms with Crippen LogP contribution in [0.2, 0.25) is 0 Å². The first-order valence-electron chi connectivity index (χ1n) is 7.52. The van der Waals surface area contributed by atoms with Gasteiger partial charge in [-0.1, -0.05) is 30.3 Å². The predicted octanol–water partition coefficient (Wildman–Crippen LogP) is 1.81. The molecule has 0 aromatic heterocycles. The van der Waals surface area contributed by atoms with Crippen LogP contribution >= 0.6 is 0 Å². The van der Waals surface area contributed by atoms with Crippen molar-refractivity contribution < 1.29 is 18.7 Å². The van der Waals surface area contributed by atoms with Crippen LogP contribution in [0.3, 0.4) is 0 Å². The smallest absolute Gasteiger partial charge is 0.309 e. The molecule has 0 heterocycles. The number of halogens is 1. The summed E-state index contributed by atoms with van der Waals surface area (Å²) >= 11 is 0. The summed E-state index contributed by atoms with van der Waals surface area (Å²) in [6, 6.07) is 13.2. The molecule has 0 spiro atoms. The fourth-order valence-electron chi connectivity index (χ4n) is 2.16. The molecule has 0 aliphatic heterocycles. The van der Waals surface area contributed by atoms with Gasteiger partial charge in [0, 0.05) is 18.7 Å². The highest BCUT2D eigenvalue weighted by molar-refractivity contribution is 6.35. The summed E-state index contributed by atoms with van der Waals surface area (Å²) in [4.78, 5) is 23.5. The maximum Gasteiger partial charge on any atom is 0.309 e. The van der Waals surface area contributed by atoms with Gasteiger partial charge < -0.3 is 15.4 Å². The van der Waals surface area contributed by atoms with Crippen molar-refractivity contribution in [3.05, 3.63) is 65.5 Å². The van der Waals surface area contributed by atoms with Crippen LogP contribution in [0.4, 0.5) is 4.39 Å². The van der Waals surface area contributed by atoms with Crippen LogP contribution in [-0.4, -0.2) is 25.5 Å². The van der Waals surface area contributed by atoms with E-state index < -0.39 is 11.8 Å². The molecule has 5 nitrogen and oxygen atoms in total. The lowest BCUT2D eigenvalue weighted by atomic mass is 10.1. The Bertz CT molecular complexity index is 702. The van der Waals surface area contributed by atoms with Crippen LogP contribution in [0.25, 0.3) is 0 Å². The van der Waals surface area contributed by atoms with E-state index in [1.807, 2.05) is 18.2 Å². The first kappa shape index (κ1) is 17.5. The Balaban J connectivity index is 1.76. The molecule has 6 heteroatoms. The lowest BCUT2D eigenvalue weighted by Gasteiger charge is -2.09. The van der Waals surface area contributed by atoms with Gasteiger partial charge in [-0.25, -0.2) is 4.39 Å². The van der Waals surface area contributed by atoms with Crippen molar-refractivity contribution in [2.24, 2.45) is 0 Å². The van der Waals surface area contributed by atoms with Crippen molar-refractivity contribution in [3.8, 4) is 5.75 Å². The zero-order valence-corrected chi connectivity index (χ0v) is 13.3. The van der Waals surface area contributed by atoms with E-state index in [2.05, 4.69) is 10.6 Å². The van der Waals surface area contributed by atoms with Gasteiger partial charge in [0.25, 0.3) is 0 Å². The second-order valence-corrected chi connectivity index (χ2v) is 5.13. The molecule has 0 aliphatic carbocycles. The molecule has 0 radical (unpaired) electrons. The fraction of sp³-hybridized carbons (Fsp3) is 0.222. The van der Waals surface area contributed by atoms with E-state index in [-0.39, 0.29) is 12.4 Å². The lowest BCUT2D eigenvalue weighted by molar-refractivity contribution is -0.139. The van der Waals surface area contributed by atoms with Gasteiger partial charge >= 0.3 is 11.8 Å². The van der Waals surface area contributed by atoms with Gasteiger partial charge in [0.1, 0.15) is 11.6 Å². The van der Waals surface area contributed by atoms with Gasteiger partial charge in [-0.15, -0.1) is 0 Å². The largest absolute Gasteiger partial charge is 0.496 e. The Labute approximate surface area is 139 Å². The number of amides is 2. The number of methoxy groups -OCH3 is 1. The Morgan fingerprint density at radius 3 is 2.38 bits per heavy atom. The van der Waals surface area contributed by atoms with E-state index in [1.54, 1.807) is 25.3 Å². The number of benzene rings is 2. The van der Waals surface area contributed by atoms with Crippen molar-refractivity contribution in [1.29, 1.82) is 0 Å². The second kappa shape index (κ2) is 8.67. The average molecular weight is 330 g/mol. The zero-order valence-electron chi connectivity index (χ0n) is 13.3. The third-order valence-electron chi connectivity index (χ3n) is 3.45. The highest BCUT2D eigenvalue weighted by Crippen LogP contribution is 2.16. The molecule has 2 amide bonds. The minimum Gasteiger partial charge on any atom is -0.496 e. The number of para-hydroxylation sites is 1.